The lowest BCUT2D eigenvalue weighted by molar-refractivity contribution is 0.0972. The number of rotatable bonds is 1. The molecule has 124 valence electrons. The second-order valence-electron chi connectivity index (χ2n) is 4.62. The van der Waals surface area contributed by atoms with Gasteiger partial charge >= 0.3 is 0 Å². The molecule has 0 saturated carbocycles. The van der Waals surface area contributed by atoms with Gasteiger partial charge in [-0.15, -0.1) is 0 Å². The van der Waals surface area contributed by atoms with Crippen LogP contribution in [0.5, 0.6) is 0 Å². The molecule has 2 amide bonds. The fraction of sp³-hybridized carbons (Fsp3) is 0. The maximum Gasteiger partial charge on any atom is 0.266 e. The molecular weight excluding hydrogens is 350 g/mol. The minimum Gasteiger partial charge on any atom is -0.376 e. The first-order valence-corrected chi connectivity index (χ1v) is 8.52. The molecule has 0 aromatic heterocycles. The molecule has 0 bridgehead atoms. The number of nitrogens with one attached hydrogen (secondary N) is 2. The van der Waals surface area contributed by atoms with Gasteiger partial charge in [0.2, 0.25) is 0 Å². The average Bonchev–Trinajstić information content (AvgIpc) is 2.78. The fourth-order valence-electron chi connectivity index (χ4n) is 1.89. The molecule has 1 aliphatic heterocycles. The van der Waals surface area contributed by atoms with Crippen molar-refractivity contribution in [2.24, 2.45) is 5.73 Å². The Hall–Kier alpha value is -2.78. The number of hydrogen-bond acceptors (Lipinski definition) is 5. The Morgan fingerprint density at radius 3 is 2.21 bits per heavy atom. The van der Waals surface area contributed by atoms with E-state index in [-0.39, 0.29) is 21.5 Å². The van der Waals surface area contributed by atoms with Crippen LogP contribution in [0.2, 0.25) is 0 Å². The van der Waals surface area contributed by atoms with Gasteiger partial charge in [0, 0.05) is 5.56 Å². The molecule has 0 unspecified atom stereocenters. The summed E-state index contributed by atoms with van der Waals surface area (Å²) < 4.78 is 24.2. The lowest BCUT2D eigenvalue weighted by atomic mass is 10.2. The van der Waals surface area contributed by atoms with E-state index in [9.17, 15) is 18.0 Å². The third-order valence-corrected chi connectivity index (χ3v) is 4.41. The molecule has 0 spiro atoms. The Morgan fingerprint density at radius 1 is 1.04 bits per heavy atom. The predicted molar refractivity (Wildman–Crippen MR) is 91.8 cm³/mol. The SMILES string of the molecule is NC(=S)NC(=O)c1ccccc1.O=C1NS(=O)(=O)c2ccccc21. The number of carbonyl (C=O) groups excluding carboxylic acids is 2. The number of nitrogens with two attached hydrogens (primary N) is 1. The van der Waals surface area contributed by atoms with E-state index in [1.54, 1.807) is 36.4 Å². The van der Waals surface area contributed by atoms with Crippen molar-refractivity contribution in [1.82, 2.24) is 10.0 Å². The Balaban J connectivity index is 0.000000174. The van der Waals surface area contributed by atoms with E-state index < -0.39 is 15.9 Å². The van der Waals surface area contributed by atoms with Gasteiger partial charge in [-0.3, -0.25) is 14.9 Å². The van der Waals surface area contributed by atoms with Crippen molar-refractivity contribution in [2.75, 3.05) is 0 Å². The van der Waals surface area contributed by atoms with Crippen molar-refractivity contribution in [1.29, 1.82) is 0 Å². The second kappa shape index (κ2) is 7.20. The summed E-state index contributed by atoms with van der Waals surface area (Å²) in [6.45, 7) is 0. The van der Waals surface area contributed by atoms with Crippen molar-refractivity contribution >= 4 is 39.2 Å². The minimum atomic E-state index is -3.55. The molecule has 7 nitrogen and oxygen atoms in total. The van der Waals surface area contributed by atoms with Gasteiger partial charge in [-0.1, -0.05) is 30.3 Å². The summed E-state index contributed by atoms with van der Waals surface area (Å²) >= 11 is 4.52. The highest BCUT2D eigenvalue weighted by Crippen LogP contribution is 2.20. The summed E-state index contributed by atoms with van der Waals surface area (Å²) in [5, 5.41) is 2.32. The molecule has 1 aliphatic rings. The van der Waals surface area contributed by atoms with E-state index in [1.165, 1.54) is 12.1 Å². The first-order valence-electron chi connectivity index (χ1n) is 6.63. The van der Waals surface area contributed by atoms with Gasteiger partial charge in [0.25, 0.3) is 21.8 Å². The zero-order valence-corrected chi connectivity index (χ0v) is 13.9. The van der Waals surface area contributed by atoms with E-state index in [1.807, 2.05) is 10.8 Å². The van der Waals surface area contributed by atoms with Gasteiger partial charge in [-0.25, -0.2) is 13.1 Å². The fourth-order valence-corrected chi connectivity index (χ4v) is 3.16. The number of sulfonamides is 1. The van der Waals surface area contributed by atoms with Crippen LogP contribution in [0.1, 0.15) is 20.7 Å². The lowest BCUT2D eigenvalue weighted by Gasteiger charge is -2.00. The summed E-state index contributed by atoms with van der Waals surface area (Å²) in [4.78, 5) is 22.2. The lowest BCUT2D eigenvalue weighted by Crippen LogP contribution is -2.34. The van der Waals surface area contributed by atoms with Crippen LogP contribution < -0.4 is 15.8 Å². The second-order valence-corrected chi connectivity index (χ2v) is 6.71. The first-order chi connectivity index (χ1) is 11.3. The highest BCUT2D eigenvalue weighted by Gasteiger charge is 2.31. The van der Waals surface area contributed by atoms with Crippen molar-refractivity contribution in [3.63, 3.8) is 0 Å². The highest BCUT2D eigenvalue weighted by molar-refractivity contribution is 7.90. The topological polar surface area (TPSA) is 118 Å². The maximum absolute atomic E-state index is 11.2. The number of benzene rings is 2. The van der Waals surface area contributed by atoms with Gasteiger partial charge in [0.05, 0.1) is 5.56 Å². The standard InChI is InChI=1S/C8H8N2OS.C7H5NO3S/c9-8(12)10-7(11)6-4-2-1-3-5-6;9-7-5-3-1-2-4-6(5)12(10,11)8-7/h1-5H,(H3,9,10,11,12);1-4H,(H,8,9). The third kappa shape index (κ3) is 4.15. The van der Waals surface area contributed by atoms with Crippen LogP contribution in [0.4, 0.5) is 0 Å². The molecule has 4 N–H and O–H groups in total. The molecule has 0 radical (unpaired) electrons. The van der Waals surface area contributed by atoms with Crippen LogP contribution in [0.3, 0.4) is 0 Å². The molecule has 1 heterocycles. The minimum absolute atomic E-state index is 0.0103. The Kier molecular flexibility index (Phi) is 5.27. The molecule has 0 saturated heterocycles. The maximum atomic E-state index is 11.2. The van der Waals surface area contributed by atoms with Crippen LogP contribution in [0.25, 0.3) is 0 Å². The van der Waals surface area contributed by atoms with Crippen LogP contribution >= 0.6 is 12.2 Å². The van der Waals surface area contributed by atoms with E-state index >= 15 is 0 Å². The van der Waals surface area contributed by atoms with E-state index in [2.05, 4.69) is 17.5 Å². The van der Waals surface area contributed by atoms with Gasteiger partial charge < -0.3 is 5.73 Å². The quantitative estimate of drug-likeness (QED) is 0.644. The molecule has 0 aliphatic carbocycles. The van der Waals surface area contributed by atoms with Crippen LogP contribution in [-0.2, 0) is 10.0 Å². The summed E-state index contributed by atoms with van der Waals surface area (Å²) in [7, 11) is -3.55. The van der Waals surface area contributed by atoms with Gasteiger partial charge in [0.1, 0.15) is 4.90 Å². The number of fused-ring (bicyclic) bond motifs is 1. The van der Waals surface area contributed by atoms with Crippen LogP contribution in [0, 0.1) is 0 Å². The smallest absolute Gasteiger partial charge is 0.266 e. The van der Waals surface area contributed by atoms with Crippen molar-refractivity contribution in [3.05, 3.63) is 65.7 Å². The molecule has 2 aromatic rings. The molecule has 9 heteroatoms. The Morgan fingerprint density at radius 2 is 1.62 bits per heavy atom. The molecule has 2 aromatic carbocycles. The number of amides is 2. The van der Waals surface area contributed by atoms with Gasteiger partial charge in [-0.05, 0) is 36.5 Å². The molecule has 0 atom stereocenters. The third-order valence-electron chi connectivity index (χ3n) is 2.92. The average molecular weight is 363 g/mol. The Bertz CT molecular complexity index is 896. The van der Waals surface area contributed by atoms with Crippen molar-refractivity contribution in [2.45, 2.75) is 4.90 Å². The van der Waals surface area contributed by atoms with E-state index in [0.717, 1.165) is 0 Å². The summed E-state index contributed by atoms with van der Waals surface area (Å²) in [5.74, 6) is -0.825. The Labute approximate surface area is 143 Å². The van der Waals surface area contributed by atoms with Crippen molar-refractivity contribution < 1.29 is 18.0 Å². The van der Waals surface area contributed by atoms with Crippen molar-refractivity contribution in [3.8, 4) is 0 Å². The summed E-state index contributed by atoms with van der Waals surface area (Å²) in [6, 6.07) is 14.8. The molecular formula is C15H13N3O4S2. The molecule has 3 rings (SSSR count). The largest absolute Gasteiger partial charge is 0.376 e. The number of thiocarbonyl (C=S) groups is 1. The van der Waals surface area contributed by atoms with Crippen LogP contribution in [0.15, 0.2) is 59.5 Å². The van der Waals surface area contributed by atoms with Gasteiger partial charge in [0.15, 0.2) is 5.11 Å². The van der Waals surface area contributed by atoms with E-state index in [0.29, 0.717) is 5.56 Å². The molecule has 24 heavy (non-hydrogen) atoms. The highest BCUT2D eigenvalue weighted by atomic mass is 32.2. The van der Waals surface area contributed by atoms with Crippen LogP contribution in [-0.4, -0.2) is 25.3 Å². The zero-order chi connectivity index (χ0) is 17.7. The monoisotopic (exact) mass is 363 g/mol. The summed E-state index contributed by atoms with van der Waals surface area (Å²) in [6.07, 6.45) is 0. The normalized spacial score (nSPS) is 13.8. The molecule has 0 fully saturated rings. The number of carbonyl (C=O) groups is 2. The summed E-state index contributed by atoms with van der Waals surface area (Å²) in [5.41, 5.74) is 5.90. The number of hydrogen-bond donors (Lipinski definition) is 3. The zero-order valence-electron chi connectivity index (χ0n) is 12.2. The predicted octanol–water partition coefficient (Wildman–Crippen LogP) is 0.779. The van der Waals surface area contributed by atoms with Gasteiger partial charge in [-0.2, -0.15) is 0 Å². The first kappa shape index (κ1) is 17.6. The van der Waals surface area contributed by atoms with E-state index in [4.69, 9.17) is 5.73 Å².